The van der Waals surface area contributed by atoms with E-state index in [0.717, 1.165) is 11.8 Å². The summed E-state index contributed by atoms with van der Waals surface area (Å²) in [4.78, 5) is 0. The summed E-state index contributed by atoms with van der Waals surface area (Å²) < 4.78 is 0. The first kappa shape index (κ1) is 14.4. The lowest BCUT2D eigenvalue weighted by molar-refractivity contribution is 0.267. The largest absolute Gasteiger partial charge is 0.382 e. The minimum Gasteiger partial charge on any atom is -0.382 e. The molecule has 0 saturated heterocycles. The van der Waals surface area contributed by atoms with Crippen molar-refractivity contribution in [2.75, 3.05) is 5.32 Å². The molecule has 19 heavy (non-hydrogen) atoms. The van der Waals surface area contributed by atoms with Crippen LogP contribution in [0.15, 0.2) is 12.1 Å². The molecule has 1 aliphatic carbocycles. The Labute approximate surface area is 118 Å². The third kappa shape index (κ3) is 3.52. The first-order valence-corrected chi connectivity index (χ1v) is 7.81. The summed E-state index contributed by atoms with van der Waals surface area (Å²) in [5.41, 5.74) is 5.52. The Hall–Kier alpha value is -0.980. The van der Waals surface area contributed by atoms with Crippen LogP contribution in [-0.2, 0) is 0 Å². The average molecular weight is 259 g/mol. The first-order chi connectivity index (χ1) is 8.97. The van der Waals surface area contributed by atoms with Crippen molar-refractivity contribution in [3.8, 4) is 0 Å². The molecule has 1 aromatic carbocycles. The number of aryl methyl sites for hydroxylation is 3. The number of anilines is 1. The van der Waals surface area contributed by atoms with Crippen molar-refractivity contribution in [1.29, 1.82) is 0 Å². The second-order valence-electron chi connectivity index (χ2n) is 6.77. The molecule has 0 aromatic heterocycles. The molecule has 0 radical (unpaired) electrons. The smallest absolute Gasteiger partial charge is 0.0401 e. The Bertz CT molecular complexity index is 402. The lowest BCUT2D eigenvalue weighted by atomic mass is 9.79. The fraction of sp³-hybridized carbons (Fsp3) is 0.667. The maximum Gasteiger partial charge on any atom is 0.0401 e. The molecule has 1 saturated carbocycles. The molecule has 0 atom stereocenters. The van der Waals surface area contributed by atoms with Crippen molar-refractivity contribution < 1.29 is 0 Å². The van der Waals surface area contributed by atoms with E-state index in [1.807, 2.05) is 0 Å². The highest BCUT2D eigenvalue weighted by Crippen LogP contribution is 2.32. The van der Waals surface area contributed by atoms with Crippen molar-refractivity contribution in [2.24, 2.45) is 11.8 Å². The van der Waals surface area contributed by atoms with Crippen LogP contribution < -0.4 is 5.32 Å². The van der Waals surface area contributed by atoms with Crippen LogP contribution in [0.5, 0.6) is 0 Å². The minimum atomic E-state index is 0.676. The molecule has 1 aromatic rings. The van der Waals surface area contributed by atoms with Crippen molar-refractivity contribution >= 4 is 5.69 Å². The molecule has 0 amide bonds. The number of hydrogen-bond donors (Lipinski definition) is 1. The summed E-state index contributed by atoms with van der Waals surface area (Å²) in [6.45, 7) is 11.4. The van der Waals surface area contributed by atoms with E-state index in [9.17, 15) is 0 Å². The van der Waals surface area contributed by atoms with Gasteiger partial charge in [0.2, 0.25) is 0 Å². The van der Waals surface area contributed by atoms with Gasteiger partial charge in [0.25, 0.3) is 0 Å². The van der Waals surface area contributed by atoms with E-state index in [2.05, 4.69) is 52.1 Å². The molecule has 0 aliphatic heterocycles. The second-order valence-corrected chi connectivity index (χ2v) is 6.77. The highest BCUT2D eigenvalue weighted by molar-refractivity contribution is 5.58. The minimum absolute atomic E-state index is 0.676. The van der Waals surface area contributed by atoms with E-state index in [-0.39, 0.29) is 0 Å². The van der Waals surface area contributed by atoms with Gasteiger partial charge in [0.05, 0.1) is 0 Å². The Morgan fingerprint density at radius 1 is 0.947 bits per heavy atom. The molecular weight excluding hydrogens is 230 g/mol. The maximum atomic E-state index is 3.80. The monoisotopic (exact) mass is 259 g/mol. The molecule has 1 nitrogen and oxygen atoms in total. The Morgan fingerprint density at radius 3 is 1.95 bits per heavy atom. The van der Waals surface area contributed by atoms with Gasteiger partial charge in [-0.2, -0.15) is 0 Å². The first-order valence-electron chi connectivity index (χ1n) is 7.81. The van der Waals surface area contributed by atoms with Crippen molar-refractivity contribution in [2.45, 2.75) is 66.3 Å². The van der Waals surface area contributed by atoms with Gasteiger partial charge in [-0.05, 0) is 69.4 Å². The normalized spacial score (nSPS) is 23.7. The summed E-state index contributed by atoms with van der Waals surface area (Å²) in [5.74, 6) is 1.79. The maximum absolute atomic E-state index is 3.80. The molecule has 0 unspecified atom stereocenters. The van der Waals surface area contributed by atoms with E-state index in [0.29, 0.717) is 6.04 Å². The molecule has 1 N–H and O–H groups in total. The predicted molar refractivity (Wildman–Crippen MR) is 84.9 cm³/mol. The summed E-state index contributed by atoms with van der Waals surface area (Å²) >= 11 is 0. The number of nitrogens with one attached hydrogen (secondary N) is 1. The van der Waals surface area contributed by atoms with Crippen molar-refractivity contribution in [3.05, 3.63) is 28.8 Å². The third-order valence-electron chi connectivity index (χ3n) is 4.74. The summed E-state index contributed by atoms with van der Waals surface area (Å²) in [5, 5.41) is 3.80. The zero-order chi connectivity index (χ0) is 14.0. The van der Waals surface area contributed by atoms with E-state index in [1.54, 1.807) is 0 Å². The van der Waals surface area contributed by atoms with Gasteiger partial charge >= 0.3 is 0 Å². The molecule has 106 valence electrons. The number of benzene rings is 1. The molecule has 0 bridgehead atoms. The van der Waals surface area contributed by atoms with Crippen LogP contribution in [0.3, 0.4) is 0 Å². The van der Waals surface area contributed by atoms with Crippen LogP contribution in [0, 0.1) is 32.6 Å². The Morgan fingerprint density at radius 2 is 1.47 bits per heavy atom. The van der Waals surface area contributed by atoms with Gasteiger partial charge in [-0.3, -0.25) is 0 Å². The van der Waals surface area contributed by atoms with E-state index in [1.165, 1.54) is 48.1 Å². The van der Waals surface area contributed by atoms with Gasteiger partial charge in [-0.25, -0.2) is 0 Å². The second kappa shape index (κ2) is 5.98. The summed E-state index contributed by atoms with van der Waals surface area (Å²) in [6.07, 6.45) is 5.43. The molecule has 0 spiro atoms. The SMILES string of the molecule is Cc1cc(C)c(NC2CCC(C(C)C)CC2)c(C)c1. The van der Waals surface area contributed by atoms with Crippen molar-refractivity contribution in [3.63, 3.8) is 0 Å². The van der Waals surface area contributed by atoms with Gasteiger partial charge in [-0.1, -0.05) is 31.5 Å². The number of hydrogen-bond acceptors (Lipinski definition) is 1. The zero-order valence-electron chi connectivity index (χ0n) is 13.2. The summed E-state index contributed by atoms with van der Waals surface area (Å²) in [6, 6.07) is 5.25. The Kier molecular flexibility index (Phi) is 4.54. The lowest BCUT2D eigenvalue weighted by Crippen LogP contribution is -2.28. The van der Waals surface area contributed by atoms with E-state index < -0.39 is 0 Å². The quantitative estimate of drug-likeness (QED) is 0.783. The highest BCUT2D eigenvalue weighted by atomic mass is 14.9. The predicted octanol–water partition coefficient (Wildman–Crippen LogP) is 5.24. The third-order valence-corrected chi connectivity index (χ3v) is 4.74. The number of rotatable bonds is 3. The molecular formula is C18H29N. The highest BCUT2D eigenvalue weighted by Gasteiger charge is 2.23. The van der Waals surface area contributed by atoms with Crippen LogP contribution in [-0.4, -0.2) is 6.04 Å². The topological polar surface area (TPSA) is 12.0 Å². The van der Waals surface area contributed by atoms with Gasteiger partial charge < -0.3 is 5.32 Å². The lowest BCUT2D eigenvalue weighted by Gasteiger charge is -2.32. The summed E-state index contributed by atoms with van der Waals surface area (Å²) in [7, 11) is 0. The van der Waals surface area contributed by atoms with Gasteiger partial charge in [0.1, 0.15) is 0 Å². The van der Waals surface area contributed by atoms with E-state index >= 15 is 0 Å². The standard InChI is InChI=1S/C18H29N/c1-12(2)16-6-8-17(9-7-16)19-18-14(4)10-13(3)11-15(18)5/h10-12,16-17,19H,6-9H2,1-5H3. The fourth-order valence-corrected chi connectivity index (χ4v) is 3.54. The zero-order valence-corrected chi connectivity index (χ0v) is 13.2. The fourth-order valence-electron chi connectivity index (χ4n) is 3.54. The van der Waals surface area contributed by atoms with E-state index in [4.69, 9.17) is 0 Å². The van der Waals surface area contributed by atoms with Crippen LogP contribution >= 0.6 is 0 Å². The van der Waals surface area contributed by atoms with Crippen LogP contribution in [0.1, 0.15) is 56.2 Å². The van der Waals surface area contributed by atoms with Crippen LogP contribution in [0.4, 0.5) is 5.69 Å². The van der Waals surface area contributed by atoms with Gasteiger partial charge in [-0.15, -0.1) is 0 Å². The average Bonchev–Trinajstić information content (AvgIpc) is 2.34. The molecule has 1 heteroatoms. The van der Waals surface area contributed by atoms with Gasteiger partial charge in [0, 0.05) is 11.7 Å². The van der Waals surface area contributed by atoms with Crippen LogP contribution in [0.2, 0.25) is 0 Å². The van der Waals surface area contributed by atoms with Crippen molar-refractivity contribution in [1.82, 2.24) is 0 Å². The molecule has 1 fully saturated rings. The molecule has 0 heterocycles. The molecule has 1 aliphatic rings. The Balaban J connectivity index is 2.00. The van der Waals surface area contributed by atoms with Crippen LogP contribution in [0.25, 0.3) is 0 Å². The molecule has 2 rings (SSSR count). The van der Waals surface area contributed by atoms with Gasteiger partial charge in [0.15, 0.2) is 0 Å².